The summed E-state index contributed by atoms with van der Waals surface area (Å²) in [5, 5.41) is 0. The van der Waals surface area contributed by atoms with Gasteiger partial charge in [-0.3, -0.25) is 4.21 Å². The van der Waals surface area contributed by atoms with Gasteiger partial charge in [-0.25, -0.2) is 0 Å². The zero-order valence-corrected chi connectivity index (χ0v) is 8.32. The second-order valence-corrected chi connectivity index (χ2v) is 4.62. The van der Waals surface area contributed by atoms with Crippen LogP contribution in [0.25, 0.3) is 0 Å². The largest absolute Gasteiger partial charge is 0.327 e. The lowest BCUT2D eigenvalue weighted by atomic mass is 10.3. The van der Waals surface area contributed by atoms with Gasteiger partial charge in [-0.2, -0.15) is 0 Å². The fourth-order valence-electron chi connectivity index (χ4n) is 0.890. The Morgan fingerprint density at radius 1 is 1.45 bits per heavy atom. The van der Waals surface area contributed by atoms with Gasteiger partial charge >= 0.3 is 0 Å². The van der Waals surface area contributed by atoms with Crippen molar-refractivity contribution in [2.24, 2.45) is 5.73 Å². The first-order valence-corrected chi connectivity index (χ1v) is 5.76. The molecule has 0 amide bonds. The third kappa shape index (κ3) is 8.01. The molecule has 0 aromatic rings. The zero-order chi connectivity index (χ0) is 8.69. The van der Waals surface area contributed by atoms with Crippen molar-refractivity contribution in [2.45, 2.75) is 39.2 Å². The van der Waals surface area contributed by atoms with E-state index >= 15 is 0 Å². The van der Waals surface area contributed by atoms with E-state index in [0.29, 0.717) is 5.75 Å². The number of hydrogen-bond donors (Lipinski definition) is 1. The summed E-state index contributed by atoms with van der Waals surface area (Å²) in [7, 11) is -0.677. The maximum absolute atomic E-state index is 11.2. The molecular formula is C8H19NOS. The Morgan fingerprint density at radius 3 is 2.55 bits per heavy atom. The summed E-state index contributed by atoms with van der Waals surface area (Å²) in [6, 6.07) is 0.0810. The molecule has 0 saturated carbocycles. The van der Waals surface area contributed by atoms with Crippen LogP contribution in [0.15, 0.2) is 0 Å². The van der Waals surface area contributed by atoms with Crippen molar-refractivity contribution in [2.75, 3.05) is 11.5 Å². The molecule has 0 aromatic carbocycles. The average Bonchev–Trinajstić information content (AvgIpc) is 1.86. The highest BCUT2D eigenvalue weighted by Crippen LogP contribution is 1.97. The van der Waals surface area contributed by atoms with E-state index in [1.807, 2.05) is 6.92 Å². The fourth-order valence-corrected chi connectivity index (χ4v) is 2.17. The molecule has 0 saturated heterocycles. The molecule has 2 nitrogen and oxygen atoms in total. The van der Waals surface area contributed by atoms with Crippen LogP contribution in [0.3, 0.4) is 0 Å². The Morgan fingerprint density at radius 2 is 2.09 bits per heavy atom. The van der Waals surface area contributed by atoms with Crippen LogP contribution in [0.1, 0.15) is 33.1 Å². The minimum absolute atomic E-state index is 0.0810. The van der Waals surface area contributed by atoms with Crippen LogP contribution in [0.4, 0.5) is 0 Å². The quantitative estimate of drug-likeness (QED) is 0.621. The molecule has 0 bridgehead atoms. The maximum Gasteiger partial charge on any atom is 0.0383 e. The summed E-state index contributed by atoms with van der Waals surface area (Å²) >= 11 is 0. The summed E-state index contributed by atoms with van der Waals surface area (Å²) in [5.74, 6) is 1.49. The molecule has 11 heavy (non-hydrogen) atoms. The number of nitrogens with two attached hydrogens (primary N) is 1. The Balaban J connectivity index is 3.23. The number of rotatable bonds is 6. The Kier molecular flexibility index (Phi) is 6.87. The molecule has 0 fully saturated rings. The van der Waals surface area contributed by atoms with E-state index in [4.69, 9.17) is 5.73 Å². The van der Waals surface area contributed by atoms with E-state index in [1.54, 1.807) is 0 Å². The molecule has 2 unspecified atom stereocenters. The van der Waals surface area contributed by atoms with E-state index in [-0.39, 0.29) is 6.04 Å². The van der Waals surface area contributed by atoms with Crippen molar-refractivity contribution >= 4 is 10.8 Å². The molecule has 0 aliphatic rings. The van der Waals surface area contributed by atoms with Crippen molar-refractivity contribution in [1.29, 1.82) is 0 Å². The Labute approximate surface area is 72.0 Å². The highest BCUT2D eigenvalue weighted by Gasteiger charge is 2.01. The third-order valence-corrected chi connectivity index (χ3v) is 3.07. The van der Waals surface area contributed by atoms with E-state index in [0.717, 1.165) is 12.2 Å². The first kappa shape index (κ1) is 11.1. The zero-order valence-electron chi connectivity index (χ0n) is 7.51. The molecule has 0 aliphatic heterocycles. The smallest absolute Gasteiger partial charge is 0.0383 e. The molecular weight excluding hydrogens is 158 g/mol. The first-order valence-electron chi connectivity index (χ1n) is 4.27. The molecule has 0 spiro atoms. The van der Waals surface area contributed by atoms with Crippen LogP contribution < -0.4 is 5.73 Å². The molecule has 0 heterocycles. The van der Waals surface area contributed by atoms with E-state index in [9.17, 15) is 4.21 Å². The highest BCUT2D eigenvalue weighted by molar-refractivity contribution is 7.85. The average molecular weight is 177 g/mol. The van der Waals surface area contributed by atoms with Crippen LogP contribution in [0.5, 0.6) is 0 Å². The summed E-state index contributed by atoms with van der Waals surface area (Å²) in [6.45, 7) is 4.05. The SMILES string of the molecule is CCCCCS(=O)CC(C)N. The van der Waals surface area contributed by atoms with Crippen LogP contribution in [-0.4, -0.2) is 21.8 Å². The van der Waals surface area contributed by atoms with Gasteiger partial charge in [-0.05, 0) is 13.3 Å². The van der Waals surface area contributed by atoms with Gasteiger partial charge in [0.2, 0.25) is 0 Å². The van der Waals surface area contributed by atoms with Crippen LogP contribution in [0.2, 0.25) is 0 Å². The molecule has 0 aliphatic carbocycles. The maximum atomic E-state index is 11.2. The van der Waals surface area contributed by atoms with Gasteiger partial charge < -0.3 is 5.73 Å². The van der Waals surface area contributed by atoms with Crippen LogP contribution >= 0.6 is 0 Å². The standard InChI is InChI=1S/C8H19NOS/c1-3-4-5-6-11(10)7-8(2)9/h8H,3-7,9H2,1-2H3. The van der Waals surface area contributed by atoms with Gasteiger partial charge in [0.1, 0.15) is 0 Å². The minimum Gasteiger partial charge on any atom is -0.327 e. The van der Waals surface area contributed by atoms with E-state index in [1.165, 1.54) is 12.8 Å². The second-order valence-electron chi connectivity index (χ2n) is 3.00. The van der Waals surface area contributed by atoms with E-state index < -0.39 is 10.8 Å². The van der Waals surface area contributed by atoms with Crippen LogP contribution in [0, 0.1) is 0 Å². The number of unbranched alkanes of at least 4 members (excludes halogenated alkanes) is 2. The predicted octanol–water partition coefficient (Wildman–Crippen LogP) is 1.27. The minimum atomic E-state index is -0.677. The van der Waals surface area contributed by atoms with Crippen molar-refractivity contribution < 1.29 is 4.21 Å². The normalized spacial score (nSPS) is 16.3. The molecule has 3 heteroatoms. The van der Waals surface area contributed by atoms with Gasteiger partial charge in [0.25, 0.3) is 0 Å². The molecule has 0 radical (unpaired) electrons. The number of hydrogen-bond acceptors (Lipinski definition) is 2. The summed E-state index contributed by atoms with van der Waals surface area (Å²) in [5.41, 5.74) is 5.50. The topological polar surface area (TPSA) is 43.1 Å². The molecule has 0 aromatic heterocycles. The van der Waals surface area contributed by atoms with Crippen molar-refractivity contribution in [3.05, 3.63) is 0 Å². The van der Waals surface area contributed by atoms with E-state index in [2.05, 4.69) is 6.92 Å². The first-order chi connectivity index (χ1) is 5.16. The monoisotopic (exact) mass is 177 g/mol. The van der Waals surface area contributed by atoms with Gasteiger partial charge in [-0.1, -0.05) is 19.8 Å². The van der Waals surface area contributed by atoms with Crippen molar-refractivity contribution in [3.63, 3.8) is 0 Å². The lowest BCUT2D eigenvalue weighted by molar-refractivity contribution is 0.670. The Bertz CT molecular complexity index is 115. The second kappa shape index (κ2) is 6.80. The lowest BCUT2D eigenvalue weighted by Crippen LogP contribution is -2.24. The lowest BCUT2D eigenvalue weighted by Gasteiger charge is -2.03. The fraction of sp³-hybridized carbons (Fsp3) is 1.00. The van der Waals surface area contributed by atoms with Gasteiger partial charge in [0, 0.05) is 28.3 Å². The van der Waals surface area contributed by atoms with Crippen molar-refractivity contribution in [3.8, 4) is 0 Å². The summed E-state index contributed by atoms with van der Waals surface area (Å²) in [6.07, 6.45) is 3.45. The van der Waals surface area contributed by atoms with Gasteiger partial charge in [0.15, 0.2) is 0 Å². The highest BCUT2D eigenvalue weighted by atomic mass is 32.2. The molecule has 68 valence electrons. The third-order valence-electron chi connectivity index (χ3n) is 1.42. The molecule has 0 rings (SSSR count). The van der Waals surface area contributed by atoms with Gasteiger partial charge in [-0.15, -0.1) is 0 Å². The molecule has 2 N–H and O–H groups in total. The summed E-state index contributed by atoms with van der Waals surface area (Å²) < 4.78 is 11.2. The molecule has 2 atom stereocenters. The van der Waals surface area contributed by atoms with Crippen LogP contribution in [-0.2, 0) is 10.8 Å². The summed E-state index contributed by atoms with van der Waals surface area (Å²) in [4.78, 5) is 0. The van der Waals surface area contributed by atoms with Crippen molar-refractivity contribution in [1.82, 2.24) is 0 Å². The Hall–Kier alpha value is 0.110. The predicted molar refractivity (Wildman–Crippen MR) is 51.1 cm³/mol. The van der Waals surface area contributed by atoms with Gasteiger partial charge in [0.05, 0.1) is 0 Å².